The quantitative estimate of drug-likeness (QED) is 0.666. The first-order chi connectivity index (χ1) is 9.13. The fourth-order valence-corrected chi connectivity index (χ4v) is 2.41. The van der Waals surface area contributed by atoms with Crippen molar-refractivity contribution in [1.82, 2.24) is 24.5 Å². The van der Waals surface area contributed by atoms with E-state index in [1.54, 1.807) is 6.07 Å². The lowest BCUT2D eigenvalue weighted by atomic mass is 10.4. The van der Waals surface area contributed by atoms with Gasteiger partial charge in [-0.1, -0.05) is 0 Å². The molecule has 0 atom stereocenters. The molecule has 0 saturated heterocycles. The Morgan fingerprint density at radius 1 is 1.21 bits per heavy atom. The van der Waals surface area contributed by atoms with Crippen LogP contribution in [0.25, 0.3) is 10.2 Å². The summed E-state index contributed by atoms with van der Waals surface area (Å²) in [5.74, 6) is 0.378. The zero-order valence-electron chi connectivity index (χ0n) is 9.65. The Morgan fingerprint density at radius 3 is 2.68 bits per heavy atom. The van der Waals surface area contributed by atoms with E-state index in [4.69, 9.17) is 11.5 Å². The summed E-state index contributed by atoms with van der Waals surface area (Å²) in [4.78, 5) is 28.6. The summed E-state index contributed by atoms with van der Waals surface area (Å²) in [6.07, 6.45) is 1.46. The Kier molecular flexibility index (Phi) is 2.60. The maximum atomic E-state index is 12.2. The van der Waals surface area contributed by atoms with Crippen LogP contribution in [0.2, 0.25) is 0 Å². The maximum Gasteiger partial charge on any atom is 0.262 e. The van der Waals surface area contributed by atoms with Crippen molar-refractivity contribution in [3.8, 4) is 0 Å². The van der Waals surface area contributed by atoms with E-state index in [0.29, 0.717) is 16.0 Å². The third-order valence-corrected chi connectivity index (χ3v) is 3.30. The zero-order chi connectivity index (χ0) is 13.4. The summed E-state index contributed by atoms with van der Waals surface area (Å²) < 4.78 is 1.41. The fourth-order valence-electron chi connectivity index (χ4n) is 1.69. The molecule has 19 heavy (non-hydrogen) atoms. The molecule has 0 fully saturated rings. The van der Waals surface area contributed by atoms with E-state index < -0.39 is 0 Å². The monoisotopic (exact) mass is 275 g/mol. The standard InChI is InChI=1S/C10H9N7OS/c11-9-14-6(15-10(12)16-9)3-17-4-13-7-5(8(17)18)1-2-19-7/h1-2,4H,3H2,(H4,11,12,14,15,16). The molecule has 3 aromatic heterocycles. The molecule has 4 N–H and O–H groups in total. The molecule has 0 radical (unpaired) electrons. The van der Waals surface area contributed by atoms with E-state index in [0.717, 1.165) is 0 Å². The first kappa shape index (κ1) is 11.5. The van der Waals surface area contributed by atoms with Crippen LogP contribution in [-0.4, -0.2) is 24.5 Å². The van der Waals surface area contributed by atoms with Crippen LogP contribution < -0.4 is 17.0 Å². The molecule has 3 rings (SSSR count). The Morgan fingerprint density at radius 2 is 1.95 bits per heavy atom. The van der Waals surface area contributed by atoms with Crippen LogP contribution in [0, 0.1) is 0 Å². The molecule has 0 aliphatic carbocycles. The number of hydrogen-bond acceptors (Lipinski definition) is 8. The minimum atomic E-state index is -0.149. The molecule has 3 heterocycles. The number of aromatic nitrogens is 5. The molecule has 0 unspecified atom stereocenters. The Balaban J connectivity index is 2.05. The van der Waals surface area contributed by atoms with E-state index in [9.17, 15) is 4.79 Å². The number of hydrogen-bond donors (Lipinski definition) is 2. The van der Waals surface area contributed by atoms with Gasteiger partial charge in [-0.3, -0.25) is 9.36 Å². The maximum absolute atomic E-state index is 12.2. The van der Waals surface area contributed by atoms with Gasteiger partial charge in [0.1, 0.15) is 4.83 Å². The second kappa shape index (κ2) is 4.28. The van der Waals surface area contributed by atoms with Crippen molar-refractivity contribution in [3.63, 3.8) is 0 Å². The molecule has 0 aromatic carbocycles. The lowest BCUT2D eigenvalue weighted by Crippen LogP contribution is -2.22. The van der Waals surface area contributed by atoms with E-state index in [-0.39, 0.29) is 24.0 Å². The van der Waals surface area contributed by atoms with Crippen molar-refractivity contribution in [3.05, 3.63) is 34.0 Å². The number of nitrogens with two attached hydrogens (primary N) is 2. The summed E-state index contributed by atoms with van der Waals surface area (Å²) in [5, 5.41) is 2.39. The minimum absolute atomic E-state index is 0.0279. The van der Waals surface area contributed by atoms with E-state index in [2.05, 4.69) is 19.9 Å². The number of rotatable bonds is 2. The van der Waals surface area contributed by atoms with Gasteiger partial charge in [0.05, 0.1) is 18.3 Å². The highest BCUT2D eigenvalue weighted by atomic mass is 32.1. The van der Waals surface area contributed by atoms with Crippen LogP contribution in [0.5, 0.6) is 0 Å². The highest BCUT2D eigenvalue weighted by Crippen LogP contribution is 2.13. The Labute approximate surface area is 110 Å². The molecule has 0 aliphatic rings. The van der Waals surface area contributed by atoms with Crippen LogP contribution in [0.1, 0.15) is 5.82 Å². The van der Waals surface area contributed by atoms with E-state index in [1.165, 1.54) is 22.2 Å². The van der Waals surface area contributed by atoms with Crippen molar-refractivity contribution in [2.45, 2.75) is 6.54 Å². The number of anilines is 2. The summed E-state index contributed by atoms with van der Waals surface area (Å²) in [6, 6.07) is 1.74. The topological polar surface area (TPSA) is 126 Å². The van der Waals surface area contributed by atoms with Crippen molar-refractivity contribution < 1.29 is 0 Å². The summed E-state index contributed by atoms with van der Waals surface area (Å²) in [6.45, 7) is 0.147. The van der Waals surface area contributed by atoms with Gasteiger partial charge in [0.25, 0.3) is 5.56 Å². The molecular weight excluding hydrogens is 266 g/mol. The van der Waals surface area contributed by atoms with Gasteiger partial charge < -0.3 is 11.5 Å². The molecular formula is C10H9N7OS. The Hall–Kier alpha value is -2.55. The summed E-state index contributed by atoms with van der Waals surface area (Å²) in [7, 11) is 0. The van der Waals surface area contributed by atoms with Crippen molar-refractivity contribution >= 4 is 33.5 Å². The molecule has 0 bridgehead atoms. The smallest absolute Gasteiger partial charge is 0.262 e. The predicted octanol–water partition coefficient (Wildman–Crippen LogP) is -0.144. The van der Waals surface area contributed by atoms with Crippen LogP contribution in [0.15, 0.2) is 22.6 Å². The van der Waals surface area contributed by atoms with Gasteiger partial charge in [0, 0.05) is 0 Å². The summed E-state index contributed by atoms with van der Waals surface area (Å²) >= 11 is 1.42. The predicted molar refractivity (Wildman–Crippen MR) is 71.6 cm³/mol. The molecule has 8 nitrogen and oxygen atoms in total. The van der Waals surface area contributed by atoms with E-state index in [1.807, 2.05) is 5.38 Å². The number of fused-ring (bicyclic) bond motifs is 1. The molecule has 0 amide bonds. The number of nitrogens with zero attached hydrogens (tertiary/aromatic N) is 5. The van der Waals surface area contributed by atoms with Crippen molar-refractivity contribution in [2.75, 3.05) is 11.5 Å². The third kappa shape index (κ3) is 2.10. The fraction of sp³-hybridized carbons (Fsp3) is 0.100. The normalized spacial score (nSPS) is 10.9. The first-order valence-electron chi connectivity index (χ1n) is 5.32. The SMILES string of the molecule is Nc1nc(N)nc(Cn2cnc3sccc3c2=O)n1. The van der Waals surface area contributed by atoms with Crippen LogP contribution in [0.4, 0.5) is 11.9 Å². The van der Waals surface area contributed by atoms with Gasteiger partial charge in [-0.25, -0.2) is 4.98 Å². The van der Waals surface area contributed by atoms with Gasteiger partial charge in [-0.15, -0.1) is 11.3 Å². The highest BCUT2D eigenvalue weighted by Gasteiger charge is 2.08. The van der Waals surface area contributed by atoms with Gasteiger partial charge >= 0.3 is 0 Å². The van der Waals surface area contributed by atoms with Gasteiger partial charge in [0.2, 0.25) is 11.9 Å². The molecule has 3 aromatic rings. The van der Waals surface area contributed by atoms with Crippen LogP contribution in [-0.2, 0) is 6.54 Å². The average molecular weight is 275 g/mol. The zero-order valence-corrected chi connectivity index (χ0v) is 10.5. The lowest BCUT2D eigenvalue weighted by Gasteiger charge is -2.05. The molecule has 0 aliphatic heterocycles. The van der Waals surface area contributed by atoms with Crippen molar-refractivity contribution in [1.29, 1.82) is 0 Å². The number of thiophene rings is 1. The largest absolute Gasteiger partial charge is 0.368 e. The third-order valence-electron chi connectivity index (χ3n) is 2.48. The minimum Gasteiger partial charge on any atom is -0.368 e. The van der Waals surface area contributed by atoms with Gasteiger partial charge in [0.15, 0.2) is 5.82 Å². The molecule has 9 heteroatoms. The number of nitrogen functional groups attached to an aromatic ring is 2. The molecule has 0 saturated carbocycles. The molecule has 96 valence electrons. The lowest BCUT2D eigenvalue weighted by molar-refractivity contribution is 0.705. The Bertz CT molecular complexity index is 789. The first-order valence-corrected chi connectivity index (χ1v) is 6.20. The average Bonchev–Trinajstić information content (AvgIpc) is 2.80. The second-order valence-corrected chi connectivity index (χ2v) is 4.68. The highest BCUT2D eigenvalue weighted by molar-refractivity contribution is 7.16. The van der Waals surface area contributed by atoms with Crippen molar-refractivity contribution in [2.24, 2.45) is 0 Å². The molecule has 0 spiro atoms. The van der Waals surface area contributed by atoms with Gasteiger partial charge in [-0.05, 0) is 11.4 Å². The van der Waals surface area contributed by atoms with Crippen LogP contribution >= 0.6 is 11.3 Å². The van der Waals surface area contributed by atoms with Gasteiger partial charge in [-0.2, -0.15) is 15.0 Å². The van der Waals surface area contributed by atoms with Crippen LogP contribution in [0.3, 0.4) is 0 Å². The second-order valence-electron chi connectivity index (χ2n) is 3.79. The summed E-state index contributed by atoms with van der Waals surface area (Å²) in [5.41, 5.74) is 10.8. The van der Waals surface area contributed by atoms with E-state index >= 15 is 0 Å².